The van der Waals surface area contributed by atoms with Crippen LogP contribution in [0.1, 0.15) is 26.7 Å². The Balaban J connectivity index is 2.59. The molecular formula is C10H20N2O3S. The Bertz CT molecular complexity index is 343. The van der Waals surface area contributed by atoms with Gasteiger partial charge in [0, 0.05) is 26.1 Å². The van der Waals surface area contributed by atoms with Gasteiger partial charge in [-0.2, -0.15) is 0 Å². The van der Waals surface area contributed by atoms with Crippen molar-refractivity contribution in [3.63, 3.8) is 0 Å². The molecule has 1 aliphatic rings. The molecule has 0 unspecified atom stereocenters. The van der Waals surface area contributed by atoms with E-state index in [1.165, 1.54) is 4.31 Å². The van der Waals surface area contributed by atoms with E-state index in [1.807, 2.05) is 0 Å². The van der Waals surface area contributed by atoms with Gasteiger partial charge in [0.1, 0.15) is 0 Å². The molecule has 1 fully saturated rings. The first-order chi connectivity index (χ1) is 7.39. The molecule has 1 rings (SSSR count). The molecule has 0 aliphatic carbocycles. The summed E-state index contributed by atoms with van der Waals surface area (Å²) >= 11 is 0. The SMILES string of the molecule is CNC(=O)C1CCN(S(=O)(=O)C(C)C)CC1. The molecule has 1 heterocycles. The van der Waals surface area contributed by atoms with E-state index in [0.717, 1.165) is 0 Å². The van der Waals surface area contributed by atoms with Crippen molar-refractivity contribution < 1.29 is 13.2 Å². The second kappa shape index (κ2) is 5.14. The van der Waals surface area contributed by atoms with Gasteiger partial charge < -0.3 is 5.32 Å². The first-order valence-corrected chi connectivity index (χ1v) is 7.10. The molecule has 0 radical (unpaired) electrons. The van der Waals surface area contributed by atoms with Gasteiger partial charge in [-0.15, -0.1) is 0 Å². The number of carbonyl (C=O) groups excluding carboxylic acids is 1. The Morgan fingerprint density at radius 1 is 1.31 bits per heavy atom. The van der Waals surface area contributed by atoms with Crippen molar-refractivity contribution >= 4 is 15.9 Å². The van der Waals surface area contributed by atoms with Crippen molar-refractivity contribution in [1.82, 2.24) is 9.62 Å². The van der Waals surface area contributed by atoms with Crippen molar-refractivity contribution in [2.75, 3.05) is 20.1 Å². The fourth-order valence-corrected chi connectivity index (χ4v) is 3.19. The zero-order valence-corrected chi connectivity index (χ0v) is 10.9. The average molecular weight is 248 g/mol. The second-order valence-electron chi connectivity index (χ2n) is 4.38. The molecule has 5 nitrogen and oxygen atoms in total. The molecule has 16 heavy (non-hydrogen) atoms. The summed E-state index contributed by atoms with van der Waals surface area (Å²) in [4.78, 5) is 11.4. The molecule has 6 heteroatoms. The van der Waals surface area contributed by atoms with Gasteiger partial charge in [0.25, 0.3) is 0 Å². The molecule has 0 spiro atoms. The summed E-state index contributed by atoms with van der Waals surface area (Å²) in [6.07, 6.45) is 1.23. The van der Waals surface area contributed by atoms with Gasteiger partial charge >= 0.3 is 0 Å². The lowest BCUT2D eigenvalue weighted by Gasteiger charge is -2.31. The summed E-state index contributed by atoms with van der Waals surface area (Å²) in [5.41, 5.74) is 0. The highest BCUT2D eigenvalue weighted by Gasteiger charge is 2.32. The number of sulfonamides is 1. The van der Waals surface area contributed by atoms with Crippen LogP contribution in [-0.4, -0.2) is 44.0 Å². The van der Waals surface area contributed by atoms with Gasteiger partial charge in [-0.1, -0.05) is 0 Å². The number of rotatable bonds is 3. The summed E-state index contributed by atoms with van der Waals surface area (Å²) in [5, 5.41) is 2.22. The quantitative estimate of drug-likeness (QED) is 0.775. The van der Waals surface area contributed by atoms with Gasteiger partial charge in [-0.3, -0.25) is 4.79 Å². The number of nitrogens with zero attached hydrogens (tertiary/aromatic N) is 1. The van der Waals surface area contributed by atoms with E-state index in [0.29, 0.717) is 25.9 Å². The third-order valence-corrected chi connectivity index (χ3v) is 5.30. The number of amides is 1. The molecule has 94 valence electrons. The molecule has 1 amide bonds. The maximum atomic E-state index is 11.9. The Kier molecular flexibility index (Phi) is 4.32. The van der Waals surface area contributed by atoms with Crippen LogP contribution in [-0.2, 0) is 14.8 Å². The zero-order valence-electron chi connectivity index (χ0n) is 10.1. The Morgan fingerprint density at radius 3 is 2.19 bits per heavy atom. The van der Waals surface area contributed by atoms with Crippen LogP contribution < -0.4 is 5.32 Å². The summed E-state index contributed by atoms with van der Waals surface area (Å²) in [5.74, 6) is -0.0230. The number of piperidine rings is 1. The first-order valence-electron chi connectivity index (χ1n) is 5.60. The monoisotopic (exact) mass is 248 g/mol. The van der Waals surface area contributed by atoms with Crippen LogP contribution in [0.15, 0.2) is 0 Å². The third kappa shape index (κ3) is 2.74. The van der Waals surface area contributed by atoms with Crippen molar-refractivity contribution in [1.29, 1.82) is 0 Å². The van der Waals surface area contributed by atoms with Crippen LogP contribution in [0.3, 0.4) is 0 Å². The van der Waals surface area contributed by atoms with E-state index in [9.17, 15) is 13.2 Å². The second-order valence-corrected chi connectivity index (χ2v) is 6.87. The smallest absolute Gasteiger partial charge is 0.222 e. The predicted octanol–water partition coefficient (Wildman–Crippen LogP) is 0.183. The largest absolute Gasteiger partial charge is 0.359 e. The Hall–Kier alpha value is -0.620. The first kappa shape index (κ1) is 13.4. The summed E-state index contributed by atoms with van der Waals surface area (Å²) in [6.45, 7) is 4.28. The highest BCUT2D eigenvalue weighted by Crippen LogP contribution is 2.21. The molecule has 1 N–H and O–H groups in total. The Morgan fingerprint density at radius 2 is 1.81 bits per heavy atom. The normalized spacial score (nSPS) is 20.0. The van der Waals surface area contributed by atoms with E-state index >= 15 is 0 Å². The molecule has 0 aromatic rings. The molecular weight excluding hydrogens is 228 g/mol. The molecule has 1 saturated heterocycles. The highest BCUT2D eigenvalue weighted by molar-refractivity contribution is 7.89. The number of carbonyl (C=O) groups is 1. The highest BCUT2D eigenvalue weighted by atomic mass is 32.2. The topological polar surface area (TPSA) is 66.5 Å². The molecule has 0 aromatic heterocycles. The average Bonchev–Trinajstić information content (AvgIpc) is 2.28. The maximum Gasteiger partial charge on any atom is 0.222 e. The van der Waals surface area contributed by atoms with Crippen molar-refractivity contribution in [2.24, 2.45) is 5.92 Å². The van der Waals surface area contributed by atoms with Gasteiger partial charge in [0.2, 0.25) is 15.9 Å². The van der Waals surface area contributed by atoms with Crippen molar-refractivity contribution in [3.05, 3.63) is 0 Å². The van der Waals surface area contributed by atoms with E-state index in [-0.39, 0.29) is 17.1 Å². The van der Waals surface area contributed by atoms with Crippen LogP contribution >= 0.6 is 0 Å². The standard InChI is InChI=1S/C10H20N2O3S/c1-8(2)16(14,15)12-6-4-9(5-7-12)10(13)11-3/h8-9H,4-7H2,1-3H3,(H,11,13). The number of hydrogen-bond acceptors (Lipinski definition) is 3. The number of hydrogen-bond donors (Lipinski definition) is 1. The van der Waals surface area contributed by atoms with E-state index in [2.05, 4.69) is 5.32 Å². The van der Waals surface area contributed by atoms with Crippen LogP contribution in [0.5, 0.6) is 0 Å². The van der Waals surface area contributed by atoms with Crippen LogP contribution in [0.25, 0.3) is 0 Å². The Labute approximate surface area is 97.2 Å². The van der Waals surface area contributed by atoms with Gasteiger partial charge in [-0.05, 0) is 26.7 Å². The van der Waals surface area contributed by atoms with Crippen molar-refractivity contribution in [2.45, 2.75) is 31.9 Å². The summed E-state index contributed by atoms with van der Waals surface area (Å²) < 4.78 is 25.2. The van der Waals surface area contributed by atoms with Crippen molar-refractivity contribution in [3.8, 4) is 0 Å². The van der Waals surface area contributed by atoms with Gasteiger partial charge in [0.05, 0.1) is 5.25 Å². The minimum atomic E-state index is -3.15. The minimum Gasteiger partial charge on any atom is -0.359 e. The maximum absolute atomic E-state index is 11.9. The summed E-state index contributed by atoms with van der Waals surface area (Å²) in [6, 6.07) is 0. The predicted molar refractivity (Wildman–Crippen MR) is 62.4 cm³/mol. The summed E-state index contributed by atoms with van der Waals surface area (Å²) in [7, 11) is -1.54. The molecule has 1 aliphatic heterocycles. The number of nitrogens with one attached hydrogen (secondary N) is 1. The fourth-order valence-electron chi connectivity index (χ4n) is 1.87. The van der Waals surface area contributed by atoms with E-state index in [4.69, 9.17) is 0 Å². The molecule has 0 atom stereocenters. The molecule has 0 bridgehead atoms. The zero-order chi connectivity index (χ0) is 12.3. The van der Waals surface area contributed by atoms with Crippen LogP contribution in [0, 0.1) is 5.92 Å². The fraction of sp³-hybridized carbons (Fsp3) is 0.900. The van der Waals surface area contributed by atoms with Crippen LogP contribution in [0.4, 0.5) is 0 Å². The lowest BCUT2D eigenvalue weighted by Crippen LogP contribution is -2.44. The van der Waals surface area contributed by atoms with Gasteiger partial charge in [-0.25, -0.2) is 12.7 Å². The molecule has 0 aromatic carbocycles. The minimum absolute atomic E-state index is 0.0154. The van der Waals surface area contributed by atoms with Crippen LogP contribution in [0.2, 0.25) is 0 Å². The lowest BCUT2D eigenvalue weighted by atomic mass is 9.97. The van der Waals surface area contributed by atoms with E-state index < -0.39 is 10.0 Å². The molecule has 0 saturated carbocycles. The third-order valence-electron chi connectivity index (χ3n) is 3.03. The van der Waals surface area contributed by atoms with Gasteiger partial charge in [0.15, 0.2) is 0 Å². The lowest BCUT2D eigenvalue weighted by molar-refractivity contribution is -0.125. The van der Waals surface area contributed by atoms with E-state index in [1.54, 1.807) is 20.9 Å².